The maximum Gasteiger partial charge on any atom is 0.306 e. The van der Waals surface area contributed by atoms with E-state index in [-0.39, 0.29) is 31.1 Å². The quantitative estimate of drug-likeness (QED) is 0.0261. The Balaban J connectivity index is 4.35. The number of allylic oxidation sites excluding steroid dienone is 12. The van der Waals surface area contributed by atoms with Gasteiger partial charge in [-0.05, 0) is 89.9 Å². The third kappa shape index (κ3) is 63.6. The molecule has 446 valence electrons. The van der Waals surface area contributed by atoms with Crippen molar-refractivity contribution in [2.75, 3.05) is 13.2 Å². The first-order valence-corrected chi connectivity index (χ1v) is 33.4. The Morgan fingerprint density at radius 2 is 0.506 bits per heavy atom. The molecule has 0 N–H and O–H groups in total. The average molecular weight is 1080 g/mol. The van der Waals surface area contributed by atoms with Gasteiger partial charge in [-0.25, -0.2) is 0 Å². The SMILES string of the molecule is CC/C=C\C/C=C\C/C=C\C/C=C\CCCCC(=O)OCC(COC(=O)CCCCCCCCCCCCCCCCCCCCCCCCC)OC(=O)CCCCCCCCCCC/C=C\C/C=C\CCCCCCC. The van der Waals surface area contributed by atoms with E-state index in [2.05, 4.69) is 93.7 Å². The van der Waals surface area contributed by atoms with E-state index < -0.39 is 6.10 Å². The van der Waals surface area contributed by atoms with Gasteiger partial charge in [-0.3, -0.25) is 14.4 Å². The van der Waals surface area contributed by atoms with Crippen LogP contribution < -0.4 is 0 Å². The minimum absolute atomic E-state index is 0.0873. The first kappa shape index (κ1) is 73.8. The van der Waals surface area contributed by atoms with Crippen molar-refractivity contribution in [2.24, 2.45) is 0 Å². The molecule has 6 heteroatoms. The van der Waals surface area contributed by atoms with Gasteiger partial charge in [0, 0.05) is 19.3 Å². The van der Waals surface area contributed by atoms with Crippen LogP contribution in [-0.2, 0) is 28.6 Å². The Kier molecular flexibility index (Phi) is 62.7. The zero-order valence-electron chi connectivity index (χ0n) is 51.2. The van der Waals surface area contributed by atoms with Crippen molar-refractivity contribution in [2.45, 2.75) is 348 Å². The van der Waals surface area contributed by atoms with Crippen LogP contribution in [0.2, 0.25) is 0 Å². The summed E-state index contributed by atoms with van der Waals surface area (Å²) in [5.74, 6) is -0.917. The van der Waals surface area contributed by atoms with Crippen molar-refractivity contribution in [3.8, 4) is 0 Å². The minimum Gasteiger partial charge on any atom is -0.462 e. The molecule has 1 unspecified atom stereocenters. The molecule has 0 rings (SSSR count). The molecule has 0 aliphatic heterocycles. The van der Waals surface area contributed by atoms with Gasteiger partial charge >= 0.3 is 17.9 Å². The van der Waals surface area contributed by atoms with Crippen molar-refractivity contribution in [3.63, 3.8) is 0 Å². The summed E-state index contributed by atoms with van der Waals surface area (Å²) >= 11 is 0. The molecule has 0 amide bonds. The Labute approximate surface area is 478 Å². The van der Waals surface area contributed by atoms with Gasteiger partial charge in [0.1, 0.15) is 13.2 Å². The molecule has 0 bridgehead atoms. The Hall–Kier alpha value is -3.15. The lowest BCUT2D eigenvalue weighted by Gasteiger charge is -2.18. The fraction of sp³-hybridized carbons (Fsp3) is 0.789. The number of unbranched alkanes of at least 4 members (excludes halogenated alkanes) is 38. The van der Waals surface area contributed by atoms with Crippen LogP contribution in [-0.4, -0.2) is 37.2 Å². The molecule has 77 heavy (non-hydrogen) atoms. The summed E-state index contributed by atoms with van der Waals surface area (Å²) in [6.07, 6.45) is 84.9. The number of carbonyl (C=O) groups excluding carboxylic acids is 3. The van der Waals surface area contributed by atoms with Gasteiger partial charge in [-0.2, -0.15) is 0 Å². The molecule has 6 nitrogen and oxygen atoms in total. The molecule has 0 aliphatic carbocycles. The summed E-state index contributed by atoms with van der Waals surface area (Å²) in [5, 5.41) is 0. The van der Waals surface area contributed by atoms with Crippen molar-refractivity contribution < 1.29 is 28.6 Å². The molecule has 0 fully saturated rings. The summed E-state index contributed by atoms with van der Waals surface area (Å²) in [6, 6.07) is 0. The van der Waals surface area contributed by atoms with E-state index in [0.29, 0.717) is 19.3 Å². The smallest absolute Gasteiger partial charge is 0.306 e. The minimum atomic E-state index is -0.795. The molecular formula is C71H126O6. The number of hydrogen-bond acceptors (Lipinski definition) is 6. The van der Waals surface area contributed by atoms with Crippen molar-refractivity contribution in [1.29, 1.82) is 0 Å². The van der Waals surface area contributed by atoms with Crippen LogP contribution in [0.1, 0.15) is 342 Å². The Bertz CT molecular complexity index is 1420. The molecule has 0 saturated carbocycles. The van der Waals surface area contributed by atoms with Gasteiger partial charge in [-0.15, -0.1) is 0 Å². The lowest BCUT2D eigenvalue weighted by atomic mass is 10.0. The highest BCUT2D eigenvalue weighted by atomic mass is 16.6. The van der Waals surface area contributed by atoms with E-state index in [0.717, 1.165) is 89.9 Å². The van der Waals surface area contributed by atoms with E-state index >= 15 is 0 Å². The van der Waals surface area contributed by atoms with E-state index in [4.69, 9.17) is 14.2 Å². The molecule has 0 aromatic rings. The number of esters is 3. The highest BCUT2D eigenvalue weighted by Crippen LogP contribution is 2.17. The fourth-order valence-corrected chi connectivity index (χ4v) is 9.70. The van der Waals surface area contributed by atoms with Gasteiger partial charge in [0.2, 0.25) is 0 Å². The monoisotopic (exact) mass is 1070 g/mol. The average Bonchev–Trinajstić information content (AvgIpc) is 3.43. The molecule has 0 aromatic carbocycles. The van der Waals surface area contributed by atoms with Crippen LogP contribution in [0.4, 0.5) is 0 Å². The summed E-state index contributed by atoms with van der Waals surface area (Å²) in [4.78, 5) is 38.4. The Morgan fingerprint density at radius 1 is 0.273 bits per heavy atom. The lowest BCUT2D eigenvalue weighted by Crippen LogP contribution is -2.30. The molecule has 0 heterocycles. The zero-order chi connectivity index (χ0) is 55.7. The number of carbonyl (C=O) groups is 3. The highest BCUT2D eigenvalue weighted by Gasteiger charge is 2.19. The zero-order valence-corrected chi connectivity index (χ0v) is 51.2. The standard InChI is InChI=1S/C71H126O6/c1-4-7-10-13-16-19-22-25-28-30-32-34-35-37-38-40-43-46-49-52-55-58-61-64-70(73)76-67-68(66-75-69(72)63-60-57-54-51-48-45-42-27-24-21-18-15-12-9-6-3)77-71(74)65-62-59-56-53-50-47-44-41-39-36-33-31-29-26-23-20-17-14-11-8-5-2/h9,12,18,21,23,26-27,31,33,42,48,51,68H,4-8,10-11,13-17,19-20,22,24-25,28-30,32,34-41,43-47,49-50,52-67H2,1-3H3/b12-9-,21-18-,26-23-,33-31-,42-27-,51-48-. The topological polar surface area (TPSA) is 78.9 Å². The van der Waals surface area contributed by atoms with Gasteiger partial charge in [0.25, 0.3) is 0 Å². The summed E-state index contributed by atoms with van der Waals surface area (Å²) in [5.41, 5.74) is 0. The van der Waals surface area contributed by atoms with Gasteiger partial charge in [-0.1, -0.05) is 306 Å². The van der Waals surface area contributed by atoms with Gasteiger partial charge in [0.15, 0.2) is 6.10 Å². The second kappa shape index (κ2) is 65.4. The van der Waals surface area contributed by atoms with Crippen molar-refractivity contribution in [3.05, 3.63) is 72.9 Å². The number of ether oxygens (including phenoxy) is 3. The van der Waals surface area contributed by atoms with E-state index in [9.17, 15) is 14.4 Å². The lowest BCUT2D eigenvalue weighted by molar-refractivity contribution is -0.167. The number of hydrogen-bond donors (Lipinski definition) is 0. The van der Waals surface area contributed by atoms with E-state index in [1.807, 2.05) is 0 Å². The van der Waals surface area contributed by atoms with Crippen LogP contribution in [0.15, 0.2) is 72.9 Å². The first-order chi connectivity index (χ1) is 38.0. The maximum absolute atomic E-state index is 12.9. The largest absolute Gasteiger partial charge is 0.462 e. The summed E-state index contributed by atoms with van der Waals surface area (Å²) < 4.78 is 16.9. The summed E-state index contributed by atoms with van der Waals surface area (Å²) in [7, 11) is 0. The van der Waals surface area contributed by atoms with E-state index in [1.165, 1.54) is 212 Å². The van der Waals surface area contributed by atoms with Crippen LogP contribution in [0.5, 0.6) is 0 Å². The second-order valence-electron chi connectivity index (χ2n) is 22.4. The number of rotatable bonds is 61. The van der Waals surface area contributed by atoms with Crippen molar-refractivity contribution in [1.82, 2.24) is 0 Å². The third-order valence-electron chi connectivity index (χ3n) is 14.7. The van der Waals surface area contributed by atoms with E-state index in [1.54, 1.807) is 0 Å². The van der Waals surface area contributed by atoms with Crippen molar-refractivity contribution >= 4 is 17.9 Å². The predicted molar refractivity (Wildman–Crippen MR) is 335 cm³/mol. The molecule has 0 radical (unpaired) electrons. The summed E-state index contributed by atoms with van der Waals surface area (Å²) in [6.45, 7) is 6.53. The van der Waals surface area contributed by atoms with Crippen LogP contribution in [0, 0.1) is 0 Å². The normalized spacial score (nSPS) is 12.5. The van der Waals surface area contributed by atoms with Gasteiger partial charge < -0.3 is 14.2 Å². The van der Waals surface area contributed by atoms with Crippen LogP contribution in [0.3, 0.4) is 0 Å². The predicted octanol–water partition coefficient (Wildman–Crippen LogP) is 22.9. The first-order valence-electron chi connectivity index (χ1n) is 33.4. The highest BCUT2D eigenvalue weighted by molar-refractivity contribution is 5.71. The van der Waals surface area contributed by atoms with Gasteiger partial charge in [0.05, 0.1) is 0 Å². The molecule has 0 saturated heterocycles. The molecule has 0 aromatic heterocycles. The Morgan fingerprint density at radius 3 is 0.818 bits per heavy atom. The fourth-order valence-electron chi connectivity index (χ4n) is 9.70. The molecule has 0 spiro atoms. The molecule has 0 aliphatic rings. The third-order valence-corrected chi connectivity index (χ3v) is 14.7. The second-order valence-corrected chi connectivity index (χ2v) is 22.4. The van der Waals surface area contributed by atoms with Crippen LogP contribution in [0.25, 0.3) is 0 Å². The molecule has 1 atom stereocenters. The van der Waals surface area contributed by atoms with Crippen LogP contribution >= 0.6 is 0 Å². The molecular weight excluding hydrogens is 949 g/mol. The maximum atomic E-state index is 12.9.